The molecule has 106 valence electrons. The highest BCUT2D eigenvalue weighted by Gasteiger charge is 2.28. The Bertz CT molecular complexity index is 413. The van der Waals surface area contributed by atoms with Gasteiger partial charge >= 0.3 is 0 Å². The summed E-state index contributed by atoms with van der Waals surface area (Å²) in [6.45, 7) is 8.74. The first kappa shape index (κ1) is 14.8. The van der Waals surface area contributed by atoms with E-state index in [2.05, 4.69) is 23.6 Å². The fourth-order valence-corrected chi connectivity index (χ4v) is 3.12. The van der Waals surface area contributed by atoms with Crippen molar-refractivity contribution in [2.24, 2.45) is 0 Å². The Morgan fingerprint density at radius 1 is 1.42 bits per heavy atom. The minimum absolute atomic E-state index is 0.0557. The number of halogens is 1. The smallest absolute Gasteiger partial charge is 0.0628 e. The molecule has 0 radical (unpaired) electrons. The summed E-state index contributed by atoms with van der Waals surface area (Å²) in [5, 5.41) is 10.5. The predicted octanol–water partition coefficient (Wildman–Crippen LogP) is 2.40. The van der Waals surface area contributed by atoms with E-state index in [0.29, 0.717) is 6.04 Å². The van der Waals surface area contributed by atoms with Crippen LogP contribution in [0.4, 0.5) is 0 Å². The molecule has 1 aromatic rings. The number of hydrogen-bond acceptors (Lipinski definition) is 3. The van der Waals surface area contributed by atoms with Gasteiger partial charge in [-0.05, 0) is 31.2 Å². The summed E-state index contributed by atoms with van der Waals surface area (Å²) < 4.78 is 0. The minimum atomic E-state index is 0.0557. The summed E-state index contributed by atoms with van der Waals surface area (Å²) in [5.74, 6) is 0. The molecule has 0 aliphatic carbocycles. The molecule has 1 N–H and O–H groups in total. The third-order valence-electron chi connectivity index (χ3n) is 4.05. The summed E-state index contributed by atoms with van der Waals surface area (Å²) in [4.78, 5) is 4.84. The van der Waals surface area contributed by atoms with E-state index in [1.165, 1.54) is 0 Å². The van der Waals surface area contributed by atoms with E-state index in [1.54, 1.807) is 0 Å². The average Bonchev–Trinajstić information content (AvgIpc) is 2.40. The summed E-state index contributed by atoms with van der Waals surface area (Å²) in [6, 6.07) is 8.42. The molecule has 2 atom stereocenters. The van der Waals surface area contributed by atoms with Gasteiger partial charge in [-0.25, -0.2) is 0 Å². The monoisotopic (exact) mass is 282 g/mol. The van der Waals surface area contributed by atoms with Gasteiger partial charge in [-0.15, -0.1) is 0 Å². The number of benzene rings is 1. The molecular formula is C15H23ClN2O. The maximum Gasteiger partial charge on any atom is 0.0628 e. The van der Waals surface area contributed by atoms with Crippen LogP contribution in [0.5, 0.6) is 0 Å². The van der Waals surface area contributed by atoms with Gasteiger partial charge in [0, 0.05) is 30.7 Å². The molecule has 4 heteroatoms. The number of aliphatic hydroxyl groups is 1. The van der Waals surface area contributed by atoms with Crippen LogP contribution in [-0.2, 0) is 0 Å². The van der Waals surface area contributed by atoms with Gasteiger partial charge in [-0.3, -0.25) is 9.80 Å². The average molecular weight is 283 g/mol. The third-order valence-corrected chi connectivity index (χ3v) is 4.28. The number of likely N-dealkylation sites (N-methyl/N-ethyl adjacent to an activating group) is 1. The van der Waals surface area contributed by atoms with Crippen molar-refractivity contribution in [1.82, 2.24) is 9.80 Å². The lowest BCUT2D eigenvalue weighted by Crippen LogP contribution is -2.53. The molecule has 1 aliphatic rings. The SMILES string of the molecule is CCN1CCN(C(CO)c2cccc(Cl)c2)CC1C. The molecule has 2 unspecified atom stereocenters. The van der Waals surface area contributed by atoms with E-state index in [9.17, 15) is 5.11 Å². The fraction of sp³-hybridized carbons (Fsp3) is 0.600. The molecule has 0 spiro atoms. The Balaban J connectivity index is 2.10. The number of rotatable bonds is 4. The summed E-state index contributed by atoms with van der Waals surface area (Å²) in [6.07, 6.45) is 0. The highest BCUT2D eigenvalue weighted by Crippen LogP contribution is 2.25. The molecule has 0 saturated carbocycles. The van der Waals surface area contributed by atoms with Crippen molar-refractivity contribution >= 4 is 11.6 Å². The lowest BCUT2D eigenvalue weighted by Gasteiger charge is -2.42. The first-order valence-corrected chi connectivity index (χ1v) is 7.38. The summed E-state index contributed by atoms with van der Waals surface area (Å²) in [5.41, 5.74) is 1.10. The van der Waals surface area contributed by atoms with Crippen LogP contribution in [0, 0.1) is 0 Å². The second-order valence-corrected chi connectivity index (χ2v) is 5.66. The van der Waals surface area contributed by atoms with Crippen molar-refractivity contribution in [3.8, 4) is 0 Å². The lowest BCUT2D eigenvalue weighted by molar-refractivity contribution is 0.0367. The molecule has 1 heterocycles. The molecule has 19 heavy (non-hydrogen) atoms. The quantitative estimate of drug-likeness (QED) is 0.919. The number of hydrogen-bond donors (Lipinski definition) is 1. The summed E-state index contributed by atoms with van der Waals surface area (Å²) in [7, 11) is 0. The number of piperazine rings is 1. The Hall–Kier alpha value is -0.610. The first-order valence-electron chi connectivity index (χ1n) is 7.00. The van der Waals surface area contributed by atoms with Crippen LogP contribution in [0.15, 0.2) is 24.3 Å². The zero-order valence-corrected chi connectivity index (χ0v) is 12.5. The molecule has 1 saturated heterocycles. The van der Waals surface area contributed by atoms with Crippen molar-refractivity contribution < 1.29 is 5.11 Å². The van der Waals surface area contributed by atoms with Gasteiger partial charge < -0.3 is 5.11 Å². The second-order valence-electron chi connectivity index (χ2n) is 5.23. The van der Waals surface area contributed by atoms with Gasteiger partial charge in [0.2, 0.25) is 0 Å². The Labute approximate surface area is 120 Å². The minimum Gasteiger partial charge on any atom is -0.394 e. The van der Waals surface area contributed by atoms with Crippen molar-refractivity contribution in [2.75, 3.05) is 32.8 Å². The van der Waals surface area contributed by atoms with Gasteiger partial charge in [-0.2, -0.15) is 0 Å². The van der Waals surface area contributed by atoms with Gasteiger partial charge in [-0.1, -0.05) is 30.7 Å². The van der Waals surface area contributed by atoms with Crippen LogP contribution in [0.1, 0.15) is 25.5 Å². The van der Waals surface area contributed by atoms with Gasteiger partial charge in [0.1, 0.15) is 0 Å². The fourth-order valence-electron chi connectivity index (χ4n) is 2.92. The molecule has 1 aromatic carbocycles. The van der Waals surface area contributed by atoms with Crippen LogP contribution in [0.2, 0.25) is 5.02 Å². The number of aliphatic hydroxyl groups excluding tert-OH is 1. The first-order chi connectivity index (χ1) is 9.15. The maximum absolute atomic E-state index is 9.73. The van der Waals surface area contributed by atoms with Gasteiger partial charge in [0.05, 0.1) is 12.6 Å². The van der Waals surface area contributed by atoms with Crippen molar-refractivity contribution in [2.45, 2.75) is 25.9 Å². The van der Waals surface area contributed by atoms with E-state index in [0.717, 1.165) is 36.8 Å². The Morgan fingerprint density at radius 2 is 2.21 bits per heavy atom. The van der Waals surface area contributed by atoms with Crippen LogP contribution < -0.4 is 0 Å². The maximum atomic E-state index is 9.73. The largest absolute Gasteiger partial charge is 0.394 e. The highest BCUT2D eigenvalue weighted by atomic mass is 35.5. The van der Waals surface area contributed by atoms with E-state index >= 15 is 0 Å². The molecule has 2 rings (SSSR count). The standard InChI is InChI=1S/C15H23ClN2O/c1-3-17-7-8-18(10-12(17)2)15(11-19)13-5-4-6-14(16)9-13/h4-6,9,12,15,19H,3,7-8,10-11H2,1-2H3. The Morgan fingerprint density at radius 3 is 2.79 bits per heavy atom. The molecule has 0 amide bonds. The van der Waals surface area contributed by atoms with E-state index in [4.69, 9.17) is 11.6 Å². The molecule has 1 fully saturated rings. The topological polar surface area (TPSA) is 26.7 Å². The van der Waals surface area contributed by atoms with E-state index in [-0.39, 0.29) is 12.6 Å². The molecule has 3 nitrogen and oxygen atoms in total. The lowest BCUT2D eigenvalue weighted by atomic mass is 10.0. The van der Waals surface area contributed by atoms with Gasteiger partial charge in [0.25, 0.3) is 0 Å². The molecule has 1 aliphatic heterocycles. The molecule has 0 aromatic heterocycles. The zero-order valence-electron chi connectivity index (χ0n) is 11.7. The van der Waals surface area contributed by atoms with Crippen molar-refractivity contribution in [1.29, 1.82) is 0 Å². The number of nitrogens with zero attached hydrogens (tertiary/aromatic N) is 2. The van der Waals surface area contributed by atoms with Crippen molar-refractivity contribution in [3.05, 3.63) is 34.9 Å². The predicted molar refractivity (Wildman–Crippen MR) is 79.6 cm³/mol. The Kier molecular flexibility index (Phi) is 5.22. The zero-order chi connectivity index (χ0) is 13.8. The second kappa shape index (κ2) is 6.71. The van der Waals surface area contributed by atoms with E-state index in [1.807, 2.05) is 24.3 Å². The van der Waals surface area contributed by atoms with Gasteiger partial charge in [0.15, 0.2) is 0 Å². The third kappa shape index (κ3) is 3.48. The molecular weight excluding hydrogens is 260 g/mol. The van der Waals surface area contributed by atoms with Crippen LogP contribution >= 0.6 is 11.6 Å². The normalized spacial score (nSPS) is 23.5. The van der Waals surface area contributed by atoms with Crippen LogP contribution in [0.3, 0.4) is 0 Å². The highest BCUT2D eigenvalue weighted by molar-refractivity contribution is 6.30. The molecule has 0 bridgehead atoms. The van der Waals surface area contributed by atoms with E-state index < -0.39 is 0 Å². The summed E-state index contributed by atoms with van der Waals surface area (Å²) >= 11 is 6.05. The van der Waals surface area contributed by atoms with Crippen LogP contribution in [0.25, 0.3) is 0 Å². The van der Waals surface area contributed by atoms with Crippen LogP contribution in [-0.4, -0.2) is 53.7 Å². The van der Waals surface area contributed by atoms with Crippen molar-refractivity contribution in [3.63, 3.8) is 0 Å².